The first-order chi connectivity index (χ1) is 7.58. The lowest BCUT2D eigenvalue weighted by molar-refractivity contribution is -0.137. The standard InChI is InChI=1S/C10H19N3O3/c1-8(6-10(15)16)12-9(14)7-13-4-2-11-3-5-13/h8,11H,2-7H2,1H3,(H,12,14)(H,15,16). The van der Waals surface area contributed by atoms with E-state index < -0.39 is 5.97 Å². The summed E-state index contributed by atoms with van der Waals surface area (Å²) in [4.78, 5) is 24.0. The van der Waals surface area contributed by atoms with Crippen molar-refractivity contribution in [2.45, 2.75) is 19.4 Å². The van der Waals surface area contributed by atoms with E-state index in [2.05, 4.69) is 15.5 Å². The van der Waals surface area contributed by atoms with Crippen LogP contribution in [0.25, 0.3) is 0 Å². The van der Waals surface area contributed by atoms with Crippen molar-refractivity contribution in [2.75, 3.05) is 32.7 Å². The maximum Gasteiger partial charge on any atom is 0.305 e. The van der Waals surface area contributed by atoms with Crippen LogP contribution < -0.4 is 10.6 Å². The Balaban J connectivity index is 2.21. The van der Waals surface area contributed by atoms with E-state index in [9.17, 15) is 9.59 Å². The van der Waals surface area contributed by atoms with E-state index in [4.69, 9.17) is 5.11 Å². The van der Waals surface area contributed by atoms with Crippen LogP contribution in [0, 0.1) is 0 Å². The van der Waals surface area contributed by atoms with Crippen molar-refractivity contribution in [3.8, 4) is 0 Å². The van der Waals surface area contributed by atoms with Gasteiger partial charge in [-0.3, -0.25) is 14.5 Å². The lowest BCUT2D eigenvalue weighted by Gasteiger charge is -2.26. The largest absolute Gasteiger partial charge is 0.481 e. The molecule has 0 bridgehead atoms. The normalized spacial score (nSPS) is 19.1. The molecular formula is C10H19N3O3. The zero-order valence-corrected chi connectivity index (χ0v) is 9.53. The first-order valence-electron chi connectivity index (χ1n) is 5.52. The summed E-state index contributed by atoms with van der Waals surface area (Å²) in [6.07, 6.45) is -0.0344. The number of piperazine rings is 1. The number of carboxylic acid groups (broad SMARTS) is 1. The predicted molar refractivity (Wildman–Crippen MR) is 59.2 cm³/mol. The molecule has 0 radical (unpaired) electrons. The molecule has 92 valence electrons. The van der Waals surface area contributed by atoms with Crippen LogP contribution in [0.4, 0.5) is 0 Å². The van der Waals surface area contributed by atoms with Crippen LogP contribution in [0.5, 0.6) is 0 Å². The van der Waals surface area contributed by atoms with Crippen LogP contribution >= 0.6 is 0 Å². The van der Waals surface area contributed by atoms with Gasteiger partial charge in [-0.2, -0.15) is 0 Å². The SMILES string of the molecule is CC(CC(=O)O)NC(=O)CN1CCNCC1. The number of carboxylic acids is 1. The number of carbonyl (C=O) groups is 2. The van der Waals surface area contributed by atoms with Crippen LogP contribution in [0.3, 0.4) is 0 Å². The van der Waals surface area contributed by atoms with Crippen LogP contribution in [0.2, 0.25) is 0 Å². The highest BCUT2D eigenvalue weighted by Crippen LogP contribution is 1.94. The van der Waals surface area contributed by atoms with E-state index >= 15 is 0 Å². The van der Waals surface area contributed by atoms with Gasteiger partial charge in [-0.1, -0.05) is 0 Å². The monoisotopic (exact) mass is 229 g/mol. The van der Waals surface area contributed by atoms with E-state index in [1.54, 1.807) is 6.92 Å². The molecule has 1 atom stereocenters. The molecule has 0 aromatic heterocycles. The van der Waals surface area contributed by atoms with Crippen molar-refractivity contribution in [1.82, 2.24) is 15.5 Å². The molecule has 0 spiro atoms. The van der Waals surface area contributed by atoms with Gasteiger partial charge >= 0.3 is 5.97 Å². The van der Waals surface area contributed by atoms with Crippen LogP contribution in [-0.2, 0) is 9.59 Å². The molecule has 0 saturated carbocycles. The molecule has 1 aliphatic heterocycles. The van der Waals surface area contributed by atoms with Crippen molar-refractivity contribution in [3.63, 3.8) is 0 Å². The highest BCUT2D eigenvalue weighted by atomic mass is 16.4. The van der Waals surface area contributed by atoms with Crippen molar-refractivity contribution in [2.24, 2.45) is 0 Å². The summed E-state index contributed by atoms with van der Waals surface area (Å²) in [6.45, 7) is 5.58. The molecule has 1 unspecified atom stereocenters. The Hall–Kier alpha value is -1.14. The van der Waals surface area contributed by atoms with Crippen LogP contribution in [0.15, 0.2) is 0 Å². The minimum absolute atomic E-state index is 0.0344. The van der Waals surface area contributed by atoms with Gasteiger partial charge in [-0.25, -0.2) is 0 Å². The Morgan fingerprint density at radius 1 is 1.44 bits per heavy atom. The van der Waals surface area contributed by atoms with Gasteiger partial charge in [0.2, 0.25) is 5.91 Å². The molecule has 1 fully saturated rings. The van der Waals surface area contributed by atoms with Crippen LogP contribution in [-0.4, -0.2) is 60.6 Å². The summed E-state index contributed by atoms with van der Waals surface area (Å²) in [5, 5.41) is 14.4. The molecule has 6 nitrogen and oxygen atoms in total. The summed E-state index contributed by atoms with van der Waals surface area (Å²) in [7, 11) is 0. The third-order valence-electron chi connectivity index (χ3n) is 2.47. The lowest BCUT2D eigenvalue weighted by Crippen LogP contribution is -2.48. The topological polar surface area (TPSA) is 81.7 Å². The number of nitrogens with zero attached hydrogens (tertiary/aromatic N) is 1. The number of amides is 1. The average molecular weight is 229 g/mol. The van der Waals surface area contributed by atoms with E-state index in [0.29, 0.717) is 6.54 Å². The second-order valence-electron chi connectivity index (χ2n) is 4.09. The van der Waals surface area contributed by atoms with E-state index in [-0.39, 0.29) is 18.4 Å². The summed E-state index contributed by atoms with van der Waals surface area (Å²) < 4.78 is 0. The van der Waals surface area contributed by atoms with E-state index in [1.807, 2.05) is 0 Å². The minimum Gasteiger partial charge on any atom is -0.481 e. The molecule has 6 heteroatoms. The molecule has 3 N–H and O–H groups in total. The third kappa shape index (κ3) is 5.09. The Morgan fingerprint density at radius 2 is 2.06 bits per heavy atom. The quantitative estimate of drug-likeness (QED) is 0.556. The first-order valence-corrected chi connectivity index (χ1v) is 5.52. The fraction of sp³-hybridized carbons (Fsp3) is 0.800. The number of carbonyl (C=O) groups excluding carboxylic acids is 1. The minimum atomic E-state index is -0.894. The van der Waals surface area contributed by atoms with Gasteiger partial charge in [-0.05, 0) is 6.92 Å². The second kappa shape index (κ2) is 6.44. The van der Waals surface area contributed by atoms with E-state index in [0.717, 1.165) is 26.2 Å². The average Bonchev–Trinajstić information content (AvgIpc) is 2.17. The number of nitrogens with one attached hydrogen (secondary N) is 2. The van der Waals surface area contributed by atoms with Gasteiger partial charge in [0, 0.05) is 32.2 Å². The molecule has 1 rings (SSSR count). The summed E-state index contributed by atoms with van der Waals surface area (Å²) in [6, 6.07) is -0.312. The molecule has 1 aliphatic rings. The molecule has 0 aliphatic carbocycles. The smallest absolute Gasteiger partial charge is 0.305 e. The number of rotatable bonds is 5. The first kappa shape index (κ1) is 12.9. The molecule has 1 amide bonds. The Bertz CT molecular complexity index is 252. The zero-order valence-electron chi connectivity index (χ0n) is 9.53. The predicted octanol–water partition coefficient (Wildman–Crippen LogP) is -1.13. The third-order valence-corrected chi connectivity index (χ3v) is 2.47. The number of hydrogen-bond donors (Lipinski definition) is 3. The summed E-state index contributed by atoms with van der Waals surface area (Å²) >= 11 is 0. The summed E-state index contributed by atoms with van der Waals surface area (Å²) in [5.41, 5.74) is 0. The second-order valence-corrected chi connectivity index (χ2v) is 4.09. The lowest BCUT2D eigenvalue weighted by atomic mass is 10.2. The molecule has 0 aromatic carbocycles. The fourth-order valence-electron chi connectivity index (χ4n) is 1.71. The molecule has 1 heterocycles. The Labute approximate surface area is 95.0 Å². The van der Waals surface area contributed by atoms with Gasteiger partial charge in [0.15, 0.2) is 0 Å². The maximum atomic E-state index is 11.5. The van der Waals surface area contributed by atoms with Gasteiger partial charge in [0.25, 0.3) is 0 Å². The highest BCUT2D eigenvalue weighted by Gasteiger charge is 2.15. The van der Waals surface area contributed by atoms with Crippen molar-refractivity contribution >= 4 is 11.9 Å². The molecule has 16 heavy (non-hydrogen) atoms. The van der Waals surface area contributed by atoms with Gasteiger partial charge in [0.05, 0.1) is 13.0 Å². The fourth-order valence-corrected chi connectivity index (χ4v) is 1.71. The summed E-state index contributed by atoms with van der Waals surface area (Å²) in [5.74, 6) is -0.995. The van der Waals surface area contributed by atoms with Crippen molar-refractivity contribution < 1.29 is 14.7 Å². The Kier molecular flexibility index (Phi) is 5.21. The van der Waals surface area contributed by atoms with Crippen LogP contribution in [0.1, 0.15) is 13.3 Å². The Morgan fingerprint density at radius 3 is 2.62 bits per heavy atom. The van der Waals surface area contributed by atoms with Gasteiger partial charge < -0.3 is 15.7 Å². The van der Waals surface area contributed by atoms with Gasteiger partial charge in [0.1, 0.15) is 0 Å². The maximum absolute atomic E-state index is 11.5. The van der Waals surface area contributed by atoms with Crippen molar-refractivity contribution in [1.29, 1.82) is 0 Å². The zero-order chi connectivity index (χ0) is 12.0. The van der Waals surface area contributed by atoms with Gasteiger partial charge in [-0.15, -0.1) is 0 Å². The number of hydrogen-bond acceptors (Lipinski definition) is 4. The molecule has 1 saturated heterocycles. The van der Waals surface area contributed by atoms with Crippen molar-refractivity contribution in [3.05, 3.63) is 0 Å². The molecular weight excluding hydrogens is 210 g/mol. The molecule has 0 aromatic rings. The van der Waals surface area contributed by atoms with E-state index in [1.165, 1.54) is 0 Å². The number of aliphatic carboxylic acids is 1. The highest BCUT2D eigenvalue weighted by molar-refractivity contribution is 5.79.